The Balaban J connectivity index is 1.83. The summed E-state index contributed by atoms with van der Waals surface area (Å²) < 4.78 is 0. The molecular weight excluding hydrogens is 282 g/mol. The first-order valence-corrected chi connectivity index (χ1v) is 7.25. The maximum absolute atomic E-state index is 11.9. The number of rotatable bonds is 6. The summed E-state index contributed by atoms with van der Waals surface area (Å²) in [5.74, 6) is 0.125. The Bertz CT molecular complexity index is 605. The van der Waals surface area contributed by atoms with Crippen molar-refractivity contribution in [1.29, 1.82) is 0 Å². The fourth-order valence-corrected chi connectivity index (χ4v) is 2.07. The lowest BCUT2D eigenvalue weighted by Crippen LogP contribution is -2.20. The molecule has 0 bridgehead atoms. The third kappa shape index (κ3) is 5.09. The fourth-order valence-electron chi connectivity index (χ4n) is 1.94. The van der Waals surface area contributed by atoms with Crippen molar-refractivity contribution < 1.29 is 4.79 Å². The minimum Gasteiger partial charge on any atom is -0.374 e. The molecule has 21 heavy (non-hydrogen) atoms. The molecule has 0 N–H and O–H groups in total. The van der Waals surface area contributed by atoms with Gasteiger partial charge in [-0.25, -0.2) is 0 Å². The molecule has 0 saturated carbocycles. The van der Waals surface area contributed by atoms with Gasteiger partial charge in [0.05, 0.1) is 0 Å². The Morgan fingerprint density at radius 1 is 1.10 bits per heavy atom. The predicted octanol–water partition coefficient (Wildman–Crippen LogP) is 4.45. The first kappa shape index (κ1) is 15.3. The van der Waals surface area contributed by atoms with Crippen molar-refractivity contribution >= 4 is 29.1 Å². The highest BCUT2D eigenvalue weighted by atomic mass is 35.5. The van der Waals surface area contributed by atoms with Crippen LogP contribution < -0.4 is 4.90 Å². The lowest BCUT2D eigenvalue weighted by molar-refractivity contribution is -0.114. The molecule has 3 heteroatoms. The number of hydrogen-bond donors (Lipinski definition) is 0. The van der Waals surface area contributed by atoms with E-state index in [0.29, 0.717) is 18.0 Å². The highest BCUT2D eigenvalue weighted by Gasteiger charge is 2.03. The van der Waals surface area contributed by atoms with Gasteiger partial charge in [0.25, 0.3) is 0 Å². The van der Waals surface area contributed by atoms with Gasteiger partial charge in [0.2, 0.25) is 0 Å². The summed E-state index contributed by atoms with van der Waals surface area (Å²) in [5.41, 5.74) is 2.09. The number of hydrogen-bond acceptors (Lipinski definition) is 2. The van der Waals surface area contributed by atoms with E-state index in [1.54, 1.807) is 6.08 Å². The monoisotopic (exact) mass is 299 g/mol. The van der Waals surface area contributed by atoms with E-state index in [2.05, 4.69) is 0 Å². The van der Waals surface area contributed by atoms with Gasteiger partial charge in [-0.15, -0.1) is 0 Å². The summed E-state index contributed by atoms with van der Waals surface area (Å²) in [5, 5.41) is 0.717. The molecule has 0 saturated heterocycles. The average molecular weight is 300 g/mol. The minimum absolute atomic E-state index is 0.125. The van der Waals surface area contributed by atoms with Gasteiger partial charge in [0.15, 0.2) is 5.78 Å². The largest absolute Gasteiger partial charge is 0.374 e. The first-order valence-electron chi connectivity index (χ1n) is 6.88. The second kappa shape index (κ2) is 7.65. The standard InChI is InChI=1S/C18H18ClNO/c1-20(17-10-8-16(19)9-11-17)14-13-18(21)12-7-15-5-3-2-4-6-15/h2-12H,13-14H2,1H3. The molecule has 0 aromatic heterocycles. The Labute approximate surface area is 130 Å². The van der Waals surface area contributed by atoms with Crippen LogP contribution >= 0.6 is 11.6 Å². The maximum Gasteiger partial charge on any atom is 0.157 e. The van der Waals surface area contributed by atoms with Gasteiger partial charge in [-0.05, 0) is 35.9 Å². The smallest absolute Gasteiger partial charge is 0.157 e. The van der Waals surface area contributed by atoms with Crippen molar-refractivity contribution in [2.24, 2.45) is 0 Å². The number of benzene rings is 2. The number of halogens is 1. The lowest BCUT2D eigenvalue weighted by Gasteiger charge is -2.18. The SMILES string of the molecule is CN(CCC(=O)C=Cc1ccccc1)c1ccc(Cl)cc1. The van der Waals surface area contributed by atoms with Crippen LogP contribution in [0.1, 0.15) is 12.0 Å². The zero-order valence-corrected chi connectivity index (χ0v) is 12.8. The van der Waals surface area contributed by atoms with Crippen LogP contribution in [-0.4, -0.2) is 19.4 Å². The Kier molecular flexibility index (Phi) is 5.59. The quantitative estimate of drug-likeness (QED) is 0.735. The molecule has 0 atom stereocenters. The number of carbonyl (C=O) groups excluding carboxylic acids is 1. The summed E-state index contributed by atoms with van der Waals surface area (Å²) in [6.07, 6.45) is 3.98. The van der Waals surface area contributed by atoms with Gasteiger partial charge < -0.3 is 4.90 Å². The summed E-state index contributed by atoms with van der Waals surface area (Å²) in [6, 6.07) is 17.4. The molecule has 2 nitrogen and oxygen atoms in total. The number of allylic oxidation sites excluding steroid dienone is 1. The van der Waals surface area contributed by atoms with Crippen molar-refractivity contribution in [3.05, 3.63) is 71.3 Å². The zero-order valence-electron chi connectivity index (χ0n) is 12.0. The van der Waals surface area contributed by atoms with Gasteiger partial charge in [0.1, 0.15) is 0 Å². The van der Waals surface area contributed by atoms with E-state index in [9.17, 15) is 4.79 Å². The van der Waals surface area contributed by atoms with Gasteiger partial charge >= 0.3 is 0 Å². The Morgan fingerprint density at radius 3 is 2.43 bits per heavy atom. The molecule has 0 aliphatic rings. The van der Waals surface area contributed by atoms with Crippen molar-refractivity contribution in [3.8, 4) is 0 Å². The highest BCUT2D eigenvalue weighted by molar-refractivity contribution is 6.30. The van der Waals surface area contributed by atoms with Crippen LogP contribution in [0.5, 0.6) is 0 Å². The first-order chi connectivity index (χ1) is 10.1. The normalized spacial score (nSPS) is 10.8. The van der Waals surface area contributed by atoms with Crippen LogP contribution in [0, 0.1) is 0 Å². The second-order valence-corrected chi connectivity index (χ2v) is 5.29. The van der Waals surface area contributed by atoms with Crippen molar-refractivity contribution in [3.63, 3.8) is 0 Å². The minimum atomic E-state index is 0.125. The van der Waals surface area contributed by atoms with E-state index in [1.165, 1.54) is 0 Å². The lowest BCUT2D eigenvalue weighted by atomic mass is 10.1. The zero-order chi connectivity index (χ0) is 15.1. The third-order valence-electron chi connectivity index (χ3n) is 3.22. The fraction of sp³-hybridized carbons (Fsp3) is 0.167. The number of anilines is 1. The number of nitrogens with zero attached hydrogens (tertiary/aromatic N) is 1. The Morgan fingerprint density at radius 2 is 1.76 bits per heavy atom. The molecule has 0 aliphatic heterocycles. The molecule has 108 valence electrons. The van der Waals surface area contributed by atoms with Gasteiger partial charge in [0, 0.05) is 30.7 Å². The van der Waals surface area contributed by atoms with E-state index >= 15 is 0 Å². The van der Waals surface area contributed by atoms with E-state index in [0.717, 1.165) is 11.3 Å². The van der Waals surface area contributed by atoms with Gasteiger partial charge in [-0.2, -0.15) is 0 Å². The molecule has 2 aromatic rings. The summed E-state index contributed by atoms with van der Waals surface area (Å²) in [7, 11) is 1.97. The van der Waals surface area contributed by atoms with Crippen LogP contribution in [0.15, 0.2) is 60.7 Å². The van der Waals surface area contributed by atoms with Crippen LogP contribution in [-0.2, 0) is 4.79 Å². The maximum atomic E-state index is 11.9. The number of ketones is 1. The van der Waals surface area contributed by atoms with E-state index in [-0.39, 0.29) is 5.78 Å². The summed E-state index contributed by atoms with van der Waals surface area (Å²) >= 11 is 5.86. The average Bonchev–Trinajstić information content (AvgIpc) is 2.52. The molecule has 0 spiro atoms. The van der Waals surface area contributed by atoms with Crippen molar-refractivity contribution in [2.45, 2.75) is 6.42 Å². The molecule has 0 aliphatic carbocycles. The highest BCUT2D eigenvalue weighted by Crippen LogP contribution is 2.16. The van der Waals surface area contributed by atoms with Crippen LogP contribution in [0.2, 0.25) is 5.02 Å². The molecule has 0 heterocycles. The van der Waals surface area contributed by atoms with Crippen molar-refractivity contribution in [2.75, 3.05) is 18.5 Å². The molecule has 0 unspecified atom stereocenters. The van der Waals surface area contributed by atoms with Crippen molar-refractivity contribution in [1.82, 2.24) is 0 Å². The molecule has 2 aromatic carbocycles. The molecular formula is C18H18ClNO. The molecule has 2 rings (SSSR count). The molecule has 0 fully saturated rings. The van der Waals surface area contributed by atoms with Gasteiger partial charge in [-0.1, -0.05) is 48.0 Å². The molecule has 0 amide bonds. The third-order valence-corrected chi connectivity index (χ3v) is 3.47. The Hall–Kier alpha value is -2.06. The van der Waals surface area contributed by atoms with Crippen LogP contribution in [0.3, 0.4) is 0 Å². The van der Waals surface area contributed by atoms with E-state index in [1.807, 2.05) is 72.6 Å². The summed E-state index contributed by atoms with van der Waals surface area (Å²) in [4.78, 5) is 13.9. The van der Waals surface area contributed by atoms with E-state index in [4.69, 9.17) is 11.6 Å². The van der Waals surface area contributed by atoms with Crippen LogP contribution in [0.25, 0.3) is 6.08 Å². The van der Waals surface area contributed by atoms with Gasteiger partial charge in [-0.3, -0.25) is 4.79 Å². The molecule has 0 radical (unpaired) electrons. The van der Waals surface area contributed by atoms with Crippen LogP contribution in [0.4, 0.5) is 5.69 Å². The topological polar surface area (TPSA) is 20.3 Å². The second-order valence-electron chi connectivity index (χ2n) is 4.86. The number of carbonyl (C=O) groups is 1. The summed E-state index contributed by atoms with van der Waals surface area (Å²) in [6.45, 7) is 0.680. The predicted molar refractivity (Wildman–Crippen MR) is 89.8 cm³/mol. The van der Waals surface area contributed by atoms with E-state index < -0.39 is 0 Å².